The van der Waals surface area contributed by atoms with Crippen LogP contribution in [0.5, 0.6) is 0 Å². The van der Waals surface area contributed by atoms with E-state index in [9.17, 15) is 4.79 Å². The highest BCUT2D eigenvalue weighted by Crippen LogP contribution is 2.15. The first-order valence-electron chi connectivity index (χ1n) is 5.53. The summed E-state index contributed by atoms with van der Waals surface area (Å²) in [5, 5.41) is 2.04. The Morgan fingerprint density at radius 1 is 1.56 bits per heavy atom. The smallest absolute Gasteiger partial charge is 0.223 e. The average molecular weight is 260 g/mol. The van der Waals surface area contributed by atoms with E-state index in [4.69, 9.17) is 11.6 Å². The van der Waals surface area contributed by atoms with E-state index in [1.54, 1.807) is 11.3 Å². The van der Waals surface area contributed by atoms with Gasteiger partial charge in [-0.1, -0.05) is 6.07 Å². The van der Waals surface area contributed by atoms with Gasteiger partial charge in [0.15, 0.2) is 0 Å². The molecule has 0 spiro atoms. The molecular weight excluding hydrogens is 242 g/mol. The van der Waals surface area contributed by atoms with Crippen molar-refractivity contribution in [1.29, 1.82) is 0 Å². The van der Waals surface area contributed by atoms with Crippen molar-refractivity contribution < 1.29 is 4.79 Å². The van der Waals surface area contributed by atoms with Gasteiger partial charge in [-0.3, -0.25) is 4.79 Å². The van der Waals surface area contributed by atoms with Crippen LogP contribution in [0.2, 0.25) is 0 Å². The van der Waals surface area contributed by atoms with Crippen LogP contribution in [-0.4, -0.2) is 22.7 Å². The van der Waals surface area contributed by atoms with Gasteiger partial charge >= 0.3 is 0 Å². The predicted molar refractivity (Wildman–Crippen MR) is 70.0 cm³/mol. The molecule has 0 aliphatic heterocycles. The molecule has 0 radical (unpaired) electrons. The molecule has 0 saturated carbocycles. The molecule has 4 heteroatoms. The number of hydrogen-bond donors (Lipinski definition) is 0. The topological polar surface area (TPSA) is 20.3 Å². The molecule has 0 aliphatic rings. The van der Waals surface area contributed by atoms with Crippen LogP contribution in [0.3, 0.4) is 0 Å². The summed E-state index contributed by atoms with van der Waals surface area (Å²) in [6, 6.07) is 4.32. The Morgan fingerprint density at radius 3 is 2.81 bits per heavy atom. The average Bonchev–Trinajstić information content (AvgIpc) is 2.74. The van der Waals surface area contributed by atoms with Gasteiger partial charge in [0.25, 0.3) is 0 Å². The van der Waals surface area contributed by atoms with Gasteiger partial charge in [-0.2, -0.15) is 0 Å². The minimum atomic E-state index is 0.198. The normalized spacial score (nSPS) is 10.8. The zero-order valence-corrected chi connectivity index (χ0v) is 11.4. The van der Waals surface area contributed by atoms with Crippen molar-refractivity contribution in [2.45, 2.75) is 39.3 Å². The van der Waals surface area contributed by atoms with E-state index < -0.39 is 0 Å². The van der Waals surface area contributed by atoms with Gasteiger partial charge < -0.3 is 4.90 Å². The lowest BCUT2D eigenvalue weighted by Crippen LogP contribution is -2.36. The molecule has 0 aromatic carbocycles. The summed E-state index contributed by atoms with van der Waals surface area (Å²) in [5.41, 5.74) is 0. The summed E-state index contributed by atoms with van der Waals surface area (Å²) in [7, 11) is 0. The lowest BCUT2D eigenvalue weighted by Gasteiger charge is -2.26. The van der Waals surface area contributed by atoms with E-state index in [1.165, 1.54) is 4.88 Å². The number of carbonyl (C=O) groups excluding carboxylic acids is 1. The maximum absolute atomic E-state index is 11.9. The molecular formula is C12H18ClNOS. The Bertz CT molecular complexity index is 311. The number of thiophene rings is 1. The number of alkyl halides is 1. The third-order valence-corrected chi connectivity index (χ3v) is 3.50. The standard InChI is InChI=1S/C12H18ClNOS/c1-10(2)14(12(15)6-3-7-13)9-11-5-4-8-16-11/h4-5,8,10H,3,6-7,9H2,1-2H3. The van der Waals surface area contributed by atoms with E-state index in [-0.39, 0.29) is 11.9 Å². The molecule has 0 fully saturated rings. The van der Waals surface area contributed by atoms with Gasteiger partial charge in [0.05, 0.1) is 6.54 Å². The number of halogens is 1. The Balaban J connectivity index is 2.57. The second-order valence-corrected chi connectivity index (χ2v) is 5.40. The summed E-state index contributed by atoms with van der Waals surface area (Å²) in [6.07, 6.45) is 1.31. The Kier molecular flexibility index (Phi) is 5.85. The highest BCUT2D eigenvalue weighted by molar-refractivity contribution is 7.09. The van der Waals surface area contributed by atoms with Crippen LogP contribution in [0.1, 0.15) is 31.6 Å². The molecule has 0 saturated heterocycles. The summed E-state index contributed by atoms with van der Waals surface area (Å²) in [6.45, 7) is 4.81. The molecule has 1 rings (SSSR count). The highest BCUT2D eigenvalue weighted by atomic mass is 35.5. The van der Waals surface area contributed by atoms with E-state index in [2.05, 4.69) is 6.07 Å². The zero-order valence-electron chi connectivity index (χ0n) is 9.78. The van der Waals surface area contributed by atoms with E-state index in [0.717, 1.165) is 13.0 Å². The number of nitrogens with zero attached hydrogens (tertiary/aromatic N) is 1. The second kappa shape index (κ2) is 6.92. The molecule has 1 aromatic rings. The second-order valence-electron chi connectivity index (χ2n) is 3.99. The molecule has 0 N–H and O–H groups in total. The Hall–Kier alpha value is -0.540. The first-order valence-corrected chi connectivity index (χ1v) is 6.94. The molecule has 2 nitrogen and oxygen atoms in total. The molecule has 16 heavy (non-hydrogen) atoms. The van der Waals surface area contributed by atoms with Gasteiger partial charge in [0.2, 0.25) is 5.91 Å². The van der Waals surface area contributed by atoms with Gasteiger partial charge in [-0.05, 0) is 31.7 Å². The highest BCUT2D eigenvalue weighted by Gasteiger charge is 2.16. The predicted octanol–water partition coefficient (Wildman–Crippen LogP) is 3.50. The van der Waals surface area contributed by atoms with Crippen molar-refractivity contribution in [2.75, 3.05) is 5.88 Å². The molecule has 0 unspecified atom stereocenters. The largest absolute Gasteiger partial charge is 0.335 e. The van der Waals surface area contributed by atoms with Crippen molar-refractivity contribution in [3.63, 3.8) is 0 Å². The van der Waals surface area contributed by atoms with Crippen LogP contribution in [0.25, 0.3) is 0 Å². The fourth-order valence-corrected chi connectivity index (χ4v) is 2.33. The third-order valence-electron chi connectivity index (χ3n) is 2.37. The summed E-state index contributed by atoms with van der Waals surface area (Å²) >= 11 is 7.29. The molecule has 1 amide bonds. The molecule has 1 aromatic heterocycles. The van der Waals surface area contributed by atoms with Crippen LogP contribution in [0.4, 0.5) is 0 Å². The maximum Gasteiger partial charge on any atom is 0.223 e. The summed E-state index contributed by atoms with van der Waals surface area (Å²) in [4.78, 5) is 15.1. The van der Waals surface area contributed by atoms with E-state index in [0.29, 0.717) is 12.3 Å². The maximum atomic E-state index is 11.9. The quantitative estimate of drug-likeness (QED) is 0.716. The van der Waals surface area contributed by atoms with Gasteiger partial charge in [0.1, 0.15) is 0 Å². The molecule has 0 aliphatic carbocycles. The van der Waals surface area contributed by atoms with E-state index >= 15 is 0 Å². The zero-order chi connectivity index (χ0) is 12.0. The Morgan fingerprint density at radius 2 is 2.31 bits per heavy atom. The SMILES string of the molecule is CC(C)N(Cc1cccs1)C(=O)CCCCl. The van der Waals surface area contributed by atoms with Crippen molar-refractivity contribution in [3.8, 4) is 0 Å². The summed E-state index contributed by atoms with van der Waals surface area (Å²) < 4.78 is 0. The Labute approximate surface area is 106 Å². The minimum absolute atomic E-state index is 0.198. The van der Waals surface area contributed by atoms with Gasteiger partial charge in [-0.25, -0.2) is 0 Å². The van der Waals surface area contributed by atoms with Crippen LogP contribution in [0, 0.1) is 0 Å². The van der Waals surface area contributed by atoms with Crippen LogP contribution < -0.4 is 0 Å². The van der Waals surface area contributed by atoms with Crippen LogP contribution >= 0.6 is 22.9 Å². The molecule has 0 bridgehead atoms. The summed E-state index contributed by atoms with van der Waals surface area (Å²) in [5.74, 6) is 0.750. The fourth-order valence-electron chi connectivity index (χ4n) is 1.49. The van der Waals surface area contributed by atoms with Crippen LogP contribution in [-0.2, 0) is 11.3 Å². The van der Waals surface area contributed by atoms with Gasteiger partial charge in [-0.15, -0.1) is 22.9 Å². The molecule has 1 heterocycles. The van der Waals surface area contributed by atoms with Crippen molar-refractivity contribution in [2.24, 2.45) is 0 Å². The number of hydrogen-bond acceptors (Lipinski definition) is 2. The minimum Gasteiger partial charge on any atom is -0.335 e. The van der Waals surface area contributed by atoms with Crippen molar-refractivity contribution >= 4 is 28.8 Å². The third kappa shape index (κ3) is 4.14. The molecule has 0 atom stereocenters. The van der Waals surface area contributed by atoms with Crippen molar-refractivity contribution in [1.82, 2.24) is 4.90 Å². The van der Waals surface area contributed by atoms with E-state index in [1.807, 2.05) is 30.2 Å². The first kappa shape index (κ1) is 13.5. The van der Waals surface area contributed by atoms with Crippen LogP contribution in [0.15, 0.2) is 17.5 Å². The number of amides is 1. The fraction of sp³-hybridized carbons (Fsp3) is 0.583. The number of carbonyl (C=O) groups is 1. The number of rotatable bonds is 6. The lowest BCUT2D eigenvalue weighted by atomic mass is 10.2. The van der Waals surface area contributed by atoms with Gasteiger partial charge in [0, 0.05) is 23.2 Å². The first-order chi connectivity index (χ1) is 7.65. The molecule has 90 valence electrons. The monoisotopic (exact) mass is 259 g/mol. The lowest BCUT2D eigenvalue weighted by molar-refractivity contribution is -0.133. The van der Waals surface area contributed by atoms with Crippen molar-refractivity contribution in [3.05, 3.63) is 22.4 Å².